The van der Waals surface area contributed by atoms with Crippen LogP contribution in [0.25, 0.3) is 0 Å². The van der Waals surface area contributed by atoms with Crippen LogP contribution < -0.4 is 4.74 Å². The van der Waals surface area contributed by atoms with Crippen LogP contribution in [0.1, 0.15) is 12.5 Å². The number of sulfonamides is 1. The van der Waals surface area contributed by atoms with E-state index in [0.717, 1.165) is 4.31 Å². The first-order chi connectivity index (χ1) is 9.86. The molecule has 118 valence electrons. The lowest BCUT2D eigenvalue weighted by Crippen LogP contribution is -2.34. The van der Waals surface area contributed by atoms with Crippen LogP contribution in [0.4, 0.5) is 0 Å². The summed E-state index contributed by atoms with van der Waals surface area (Å²) >= 11 is 0. The van der Waals surface area contributed by atoms with Gasteiger partial charge in [0.1, 0.15) is 5.75 Å². The molecule has 0 bridgehead atoms. The second-order valence-corrected chi connectivity index (χ2v) is 6.17. The van der Waals surface area contributed by atoms with Crippen molar-refractivity contribution in [3.8, 4) is 5.75 Å². The molecule has 0 saturated carbocycles. The molecule has 0 spiro atoms. The van der Waals surface area contributed by atoms with E-state index in [-0.39, 0.29) is 30.2 Å². The third kappa shape index (κ3) is 4.16. The Morgan fingerprint density at radius 3 is 2.52 bits per heavy atom. The first-order valence-corrected chi connectivity index (χ1v) is 7.80. The second-order valence-electron chi connectivity index (χ2n) is 4.26. The van der Waals surface area contributed by atoms with Crippen molar-refractivity contribution in [1.82, 2.24) is 4.31 Å². The molecule has 0 aliphatic heterocycles. The van der Waals surface area contributed by atoms with E-state index in [1.165, 1.54) is 25.3 Å². The molecule has 0 heterocycles. The number of methoxy groups -OCH3 is 1. The van der Waals surface area contributed by atoms with Crippen LogP contribution in [0.5, 0.6) is 5.75 Å². The minimum absolute atomic E-state index is 0.0443. The minimum Gasteiger partial charge on any atom is -0.497 e. The summed E-state index contributed by atoms with van der Waals surface area (Å²) < 4.78 is 31.2. The number of hydrogen-bond donors (Lipinski definition) is 2. The minimum atomic E-state index is -3.86. The number of benzene rings is 1. The van der Waals surface area contributed by atoms with Crippen LogP contribution in [-0.2, 0) is 21.2 Å². The molecule has 21 heavy (non-hydrogen) atoms. The standard InChI is InChI=1S/C13H19NO6S/c1-3-14(6-7-15)21(18,19)12-5-4-11(20-2)8-10(12)9-13(16)17/h4-5,8,15H,3,6-7,9H2,1-2H3,(H,16,17). The van der Waals surface area contributed by atoms with Gasteiger partial charge in [0.2, 0.25) is 10.0 Å². The lowest BCUT2D eigenvalue weighted by molar-refractivity contribution is -0.136. The van der Waals surface area contributed by atoms with E-state index in [9.17, 15) is 13.2 Å². The number of ether oxygens (including phenoxy) is 1. The van der Waals surface area contributed by atoms with Gasteiger partial charge in [0, 0.05) is 13.1 Å². The predicted molar refractivity (Wildman–Crippen MR) is 75.9 cm³/mol. The van der Waals surface area contributed by atoms with E-state index < -0.39 is 22.4 Å². The Labute approximate surface area is 123 Å². The van der Waals surface area contributed by atoms with Crippen molar-refractivity contribution in [1.29, 1.82) is 0 Å². The number of rotatable bonds is 8. The van der Waals surface area contributed by atoms with E-state index in [1.807, 2.05) is 0 Å². The third-order valence-electron chi connectivity index (χ3n) is 2.93. The SMILES string of the molecule is CCN(CCO)S(=O)(=O)c1ccc(OC)cc1CC(=O)O. The molecule has 0 aliphatic carbocycles. The number of carboxylic acids is 1. The molecule has 0 saturated heterocycles. The third-order valence-corrected chi connectivity index (χ3v) is 5.00. The Hall–Kier alpha value is -1.64. The highest BCUT2D eigenvalue weighted by Gasteiger charge is 2.26. The van der Waals surface area contributed by atoms with Gasteiger partial charge in [-0.1, -0.05) is 6.92 Å². The first kappa shape index (κ1) is 17.4. The number of aliphatic hydroxyl groups excluding tert-OH is 1. The van der Waals surface area contributed by atoms with Crippen molar-refractivity contribution in [2.75, 3.05) is 26.8 Å². The van der Waals surface area contributed by atoms with Crippen LogP contribution >= 0.6 is 0 Å². The summed E-state index contributed by atoms with van der Waals surface area (Å²) in [5.41, 5.74) is 0.151. The van der Waals surface area contributed by atoms with Gasteiger partial charge < -0.3 is 14.9 Å². The topological polar surface area (TPSA) is 104 Å². The zero-order valence-electron chi connectivity index (χ0n) is 11.9. The van der Waals surface area contributed by atoms with Crippen LogP contribution in [0, 0.1) is 0 Å². The van der Waals surface area contributed by atoms with Gasteiger partial charge >= 0.3 is 5.97 Å². The Morgan fingerprint density at radius 2 is 2.05 bits per heavy atom. The molecule has 1 aromatic rings. The summed E-state index contributed by atoms with van der Waals surface area (Å²) in [5, 5.41) is 17.9. The van der Waals surface area contributed by atoms with E-state index in [1.54, 1.807) is 6.92 Å². The van der Waals surface area contributed by atoms with Crippen molar-refractivity contribution in [3.63, 3.8) is 0 Å². The summed E-state index contributed by atoms with van der Waals surface area (Å²) in [6, 6.07) is 4.19. The summed E-state index contributed by atoms with van der Waals surface area (Å²) in [6.07, 6.45) is -0.428. The van der Waals surface area contributed by atoms with Crippen molar-refractivity contribution in [2.45, 2.75) is 18.2 Å². The fraction of sp³-hybridized carbons (Fsp3) is 0.462. The zero-order chi connectivity index (χ0) is 16.0. The number of nitrogens with zero attached hydrogens (tertiary/aromatic N) is 1. The maximum atomic E-state index is 12.5. The molecular formula is C13H19NO6S. The molecule has 2 N–H and O–H groups in total. The molecule has 0 atom stereocenters. The molecule has 1 aromatic carbocycles. The largest absolute Gasteiger partial charge is 0.497 e. The number of hydrogen-bond acceptors (Lipinski definition) is 5. The average molecular weight is 317 g/mol. The number of carbonyl (C=O) groups is 1. The van der Waals surface area contributed by atoms with Crippen LogP contribution in [0.15, 0.2) is 23.1 Å². The number of carboxylic acid groups (broad SMARTS) is 1. The Kier molecular flexibility index (Phi) is 6.13. The lowest BCUT2D eigenvalue weighted by atomic mass is 10.1. The van der Waals surface area contributed by atoms with Crippen LogP contribution in [0.3, 0.4) is 0 Å². The fourth-order valence-electron chi connectivity index (χ4n) is 1.93. The second kappa shape index (κ2) is 7.39. The Morgan fingerprint density at radius 1 is 1.38 bits per heavy atom. The molecule has 0 radical (unpaired) electrons. The van der Waals surface area contributed by atoms with Gasteiger partial charge in [-0.15, -0.1) is 0 Å². The van der Waals surface area contributed by atoms with Gasteiger partial charge in [0.25, 0.3) is 0 Å². The van der Waals surface area contributed by atoms with Gasteiger partial charge in [0.05, 0.1) is 25.0 Å². The van der Waals surface area contributed by atoms with Gasteiger partial charge in [0.15, 0.2) is 0 Å². The Balaban J connectivity index is 3.35. The first-order valence-electron chi connectivity index (χ1n) is 6.36. The highest BCUT2D eigenvalue weighted by atomic mass is 32.2. The normalized spacial score (nSPS) is 11.6. The van der Waals surface area contributed by atoms with Crippen LogP contribution in [0.2, 0.25) is 0 Å². The maximum absolute atomic E-state index is 12.5. The predicted octanol–water partition coefficient (Wildman–Crippen LogP) is 0.325. The summed E-state index contributed by atoms with van der Waals surface area (Å²) in [6.45, 7) is 1.48. The van der Waals surface area contributed by atoms with Crippen molar-refractivity contribution < 1.29 is 28.2 Å². The van der Waals surface area contributed by atoms with E-state index in [2.05, 4.69) is 0 Å². The molecule has 1 rings (SSSR count). The highest BCUT2D eigenvalue weighted by Crippen LogP contribution is 2.25. The number of likely N-dealkylation sites (N-methyl/N-ethyl adjacent to an activating group) is 1. The van der Waals surface area contributed by atoms with Gasteiger partial charge in [-0.3, -0.25) is 4.79 Å². The fourth-order valence-corrected chi connectivity index (χ4v) is 3.58. The van der Waals surface area contributed by atoms with Gasteiger partial charge in [-0.25, -0.2) is 8.42 Å². The molecular weight excluding hydrogens is 298 g/mol. The molecule has 0 amide bonds. The summed E-state index contributed by atoms with van der Waals surface area (Å²) in [5.74, 6) is -0.750. The number of aliphatic hydroxyl groups is 1. The van der Waals surface area contributed by atoms with E-state index >= 15 is 0 Å². The quantitative estimate of drug-likeness (QED) is 0.716. The summed E-state index contributed by atoms with van der Waals surface area (Å²) in [7, 11) is -2.45. The maximum Gasteiger partial charge on any atom is 0.307 e. The summed E-state index contributed by atoms with van der Waals surface area (Å²) in [4.78, 5) is 10.8. The number of aliphatic carboxylic acids is 1. The molecule has 8 heteroatoms. The zero-order valence-corrected chi connectivity index (χ0v) is 12.8. The molecule has 0 fully saturated rings. The smallest absolute Gasteiger partial charge is 0.307 e. The van der Waals surface area contributed by atoms with Crippen molar-refractivity contribution in [2.24, 2.45) is 0 Å². The van der Waals surface area contributed by atoms with Crippen LogP contribution in [-0.4, -0.2) is 55.7 Å². The Bertz CT molecular complexity index is 599. The molecule has 0 aromatic heterocycles. The van der Waals surface area contributed by atoms with Crippen molar-refractivity contribution >= 4 is 16.0 Å². The van der Waals surface area contributed by atoms with Gasteiger partial charge in [-0.05, 0) is 23.8 Å². The highest BCUT2D eigenvalue weighted by molar-refractivity contribution is 7.89. The molecule has 0 aliphatic rings. The van der Waals surface area contributed by atoms with Crippen molar-refractivity contribution in [3.05, 3.63) is 23.8 Å². The van der Waals surface area contributed by atoms with E-state index in [4.69, 9.17) is 14.9 Å². The lowest BCUT2D eigenvalue weighted by Gasteiger charge is -2.21. The molecule has 0 unspecified atom stereocenters. The van der Waals surface area contributed by atoms with Gasteiger partial charge in [-0.2, -0.15) is 4.31 Å². The monoisotopic (exact) mass is 317 g/mol. The average Bonchev–Trinajstić information content (AvgIpc) is 2.43. The van der Waals surface area contributed by atoms with E-state index in [0.29, 0.717) is 5.75 Å². The molecule has 7 nitrogen and oxygen atoms in total.